The van der Waals surface area contributed by atoms with Gasteiger partial charge in [-0.2, -0.15) is 0 Å². The predicted octanol–water partition coefficient (Wildman–Crippen LogP) is 3.46. The standard InChI is InChI=1S/C16H27NO/c1-5-6-10-17(4)11-9-16(18)15-8-7-13(2)14(3)12-15/h7-8,12,16,18H,5-6,9-11H2,1-4H3. The van der Waals surface area contributed by atoms with Gasteiger partial charge in [-0.25, -0.2) is 0 Å². The van der Waals surface area contributed by atoms with Crippen molar-refractivity contribution in [1.82, 2.24) is 4.90 Å². The monoisotopic (exact) mass is 249 g/mol. The highest BCUT2D eigenvalue weighted by Gasteiger charge is 2.09. The highest BCUT2D eigenvalue weighted by molar-refractivity contribution is 5.31. The molecule has 0 spiro atoms. The lowest BCUT2D eigenvalue weighted by atomic mass is 10.0. The van der Waals surface area contributed by atoms with Crippen LogP contribution in [0.3, 0.4) is 0 Å². The minimum Gasteiger partial charge on any atom is -0.388 e. The molecule has 0 aliphatic carbocycles. The Bertz CT molecular complexity index is 362. The molecular formula is C16H27NO. The average molecular weight is 249 g/mol. The molecule has 102 valence electrons. The van der Waals surface area contributed by atoms with Crippen LogP contribution in [0.4, 0.5) is 0 Å². The van der Waals surface area contributed by atoms with Gasteiger partial charge in [-0.3, -0.25) is 0 Å². The number of aryl methyl sites for hydroxylation is 2. The summed E-state index contributed by atoms with van der Waals surface area (Å²) in [6.07, 6.45) is 2.93. The molecule has 1 unspecified atom stereocenters. The molecule has 1 aromatic rings. The van der Waals surface area contributed by atoms with Crippen molar-refractivity contribution in [3.8, 4) is 0 Å². The van der Waals surface area contributed by atoms with Crippen molar-refractivity contribution in [1.29, 1.82) is 0 Å². The van der Waals surface area contributed by atoms with Gasteiger partial charge in [0.25, 0.3) is 0 Å². The summed E-state index contributed by atoms with van der Waals surface area (Å²) < 4.78 is 0. The molecule has 0 aromatic heterocycles. The zero-order valence-electron chi connectivity index (χ0n) is 12.2. The van der Waals surface area contributed by atoms with E-state index in [2.05, 4.69) is 44.9 Å². The van der Waals surface area contributed by atoms with Gasteiger partial charge < -0.3 is 10.0 Å². The van der Waals surface area contributed by atoms with Gasteiger partial charge in [0.05, 0.1) is 6.10 Å². The van der Waals surface area contributed by atoms with E-state index in [-0.39, 0.29) is 6.10 Å². The number of hydrogen-bond acceptors (Lipinski definition) is 2. The highest BCUT2D eigenvalue weighted by Crippen LogP contribution is 2.19. The first-order chi connectivity index (χ1) is 8.54. The fourth-order valence-corrected chi connectivity index (χ4v) is 2.02. The van der Waals surface area contributed by atoms with Gasteiger partial charge in [-0.05, 0) is 57.0 Å². The van der Waals surface area contributed by atoms with Gasteiger partial charge in [-0.15, -0.1) is 0 Å². The Labute approximate surface area is 112 Å². The third kappa shape index (κ3) is 4.79. The van der Waals surface area contributed by atoms with Gasteiger partial charge in [0.15, 0.2) is 0 Å². The van der Waals surface area contributed by atoms with Gasteiger partial charge in [-0.1, -0.05) is 31.5 Å². The molecule has 0 amide bonds. The third-order valence-corrected chi connectivity index (χ3v) is 3.59. The molecular weight excluding hydrogens is 222 g/mol. The topological polar surface area (TPSA) is 23.5 Å². The van der Waals surface area contributed by atoms with Crippen molar-refractivity contribution >= 4 is 0 Å². The Hall–Kier alpha value is -0.860. The van der Waals surface area contributed by atoms with Crippen LogP contribution in [0.15, 0.2) is 18.2 Å². The summed E-state index contributed by atoms with van der Waals surface area (Å²) >= 11 is 0. The second kappa shape index (κ2) is 7.55. The fourth-order valence-electron chi connectivity index (χ4n) is 2.02. The van der Waals surface area contributed by atoms with Crippen LogP contribution in [0.25, 0.3) is 0 Å². The summed E-state index contributed by atoms with van der Waals surface area (Å²) in [5, 5.41) is 10.2. The molecule has 1 rings (SSSR count). The smallest absolute Gasteiger partial charge is 0.0802 e. The summed E-state index contributed by atoms with van der Waals surface area (Å²) in [5.74, 6) is 0. The number of nitrogens with zero attached hydrogens (tertiary/aromatic N) is 1. The molecule has 0 saturated carbocycles. The van der Waals surface area contributed by atoms with Crippen LogP contribution < -0.4 is 0 Å². The van der Waals surface area contributed by atoms with E-state index >= 15 is 0 Å². The number of unbranched alkanes of at least 4 members (excludes halogenated alkanes) is 1. The molecule has 0 heterocycles. The SMILES string of the molecule is CCCCN(C)CCC(O)c1ccc(C)c(C)c1. The number of aliphatic hydroxyl groups excluding tert-OH is 1. The van der Waals surface area contributed by atoms with E-state index < -0.39 is 0 Å². The van der Waals surface area contributed by atoms with E-state index in [0.29, 0.717) is 0 Å². The second-order valence-corrected chi connectivity index (χ2v) is 5.30. The van der Waals surface area contributed by atoms with Crippen molar-refractivity contribution in [2.45, 2.75) is 46.1 Å². The Balaban J connectivity index is 2.44. The van der Waals surface area contributed by atoms with Crippen LogP contribution in [-0.2, 0) is 0 Å². The molecule has 1 N–H and O–H groups in total. The van der Waals surface area contributed by atoms with Gasteiger partial charge >= 0.3 is 0 Å². The molecule has 1 aromatic carbocycles. The van der Waals surface area contributed by atoms with E-state index in [1.807, 2.05) is 6.07 Å². The lowest BCUT2D eigenvalue weighted by Crippen LogP contribution is -2.22. The minimum absolute atomic E-state index is 0.339. The first kappa shape index (κ1) is 15.2. The van der Waals surface area contributed by atoms with Crippen molar-refractivity contribution in [3.05, 3.63) is 34.9 Å². The number of benzene rings is 1. The maximum atomic E-state index is 10.2. The van der Waals surface area contributed by atoms with E-state index in [1.54, 1.807) is 0 Å². The van der Waals surface area contributed by atoms with Gasteiger partial charge in [0.1, 0.15) is 0 Å². The van der Waals surface area contributed by atoms with Crippen molar-refractivity contribution in [2.75, 3.05) is 20.1 Å². The van der Waals surface area contributed by atoms with Crippen molar-refractivity contribution in [3.63, 3.8) is 0 Å². The maximum absolute atomic E-state index is 10.2. The van der Waals surface area contributed by atoms with Gasteiger partial charge in [0.2, 0.25) is 0 Å². The predicted molar refractivity (Wildman–Crippen MR) is 77.9 cm³/mol. The molecule has 0 fully saturated rings. The first-order valence-electron chi connectivity index (χ1n) is 6.98. The van der Waals surface area contributed by atoms with Crippen LogP contribution in [0.5, 0.6) is 0 Å². The number of hydrogen-bond donors (Lipinski definition) is 1. The average Bonchev–Trinajstić information content (AvgIpc) is 2.36. The largest absolute Gasteiger partial charge is 0.388 e. The molecule has 1 atom stereocenters. The van der Waals surface area contributed by atoms with E-state index in [4.69, 9.17) is 0 Å². The van der Waals surface area contributed by atoms with E-state index in [1.165, 1.54) is 24.0 Å². The Kier molecular flexibility index (Phi) is 6.37. The van der Waals surface area contributed by atoms with Crippen LogP contribution in [0.2, 0.25) is 0 Å². The van der Waals surface area contributed by atoms with Gasteiger partial charge in [0, 0.05) is 6.54 Å². The number of aliphatic hydroxyl groups is 1. The number of rotatable bonds is 7. The van der Waals surface area contributed by atoms with Crippen LogP contribution >= 0.6 is 0 Å². The van der Waals surface area contributed by atoms with Crippen LogP contribution in [-0.4, -0.2) is 30.1 Å². The molecule has 0 saturated heterocycles. The molecule has 18 heavy (non-hydrogen) atoms. The summed E-state index contributed by atoms with van der Waals surface area (Å²) in [6.45, 7) is 8.48. The summed E-state index contributed by atoms with van der Waals surface area (Å²) in [5.41, 5.74) is 3.58. The molecule has 2 heteroatoms. The quantitative estimate of drug-likeness (QED) is 0.800. The summed E-state index contributed by atoms with van der Waals surface area (Å²) in [4.78, 5) is 2.30. The van der Waals surface area contributed by atoms with Crippen LogP contribution in [0, 0.1) is 13.8 Å². The lowest BCUT2D eigenvalue weighted by Gasteiger charge is -2.19. The zero-order valence-corrected chi connectivity index (χ0v) is 12.2. The molecule has 0 aliphatic rings. The summed E-state index contributed by atoms with van der Waals surface area (Å²) in [6, 6.07) is 6.24. The summed E-state index contributed by atoms with van der Waals surface area (Å²) in [7, 11) is 2.13. The van der Waals surface area contributed by atoms with Crippen molar-refractivity contribution < 1.29 is 5.11 Å². The normalized spacial score (nSPS) is 13.0. The molecule has 2 nitrogen and oxygen atoms in total. The molecule has 0 radical (unpaired) electrons. The molecule has 0 aliphatic heterocycles. The van der Waals surface area contributed by atoms with E-state index in [0.717, 1.165) is 25.1 Å². The zero-order chi connectivity index (χ0) is 13.5. The lowest BCUT2D eigenvalue weighted by molar-refractivity contribution is 0.148. The second-order valence-electron chi connectivity index (χ2n) is 5.30. The molecule has 0 bridgehead atoms. The van der Waals surface area contributed by atoms with Crippen LogP contribution in [0.1, 0.15) is 49.0 Å². The van der Waals surface area contributed by atoms with E-state index in [9.17, 15) is 5.11 Å². The highest BCUT2D eigenvalue weighted by atomic mass is 16.3. The third-order valence-electron chi connectivity index (χ3n) is 3.59. The first-order valence-corrected chi connectivity index (χ1v) is 6.98. The maximum Gasteiger partial charge on any atom is 0.0802 e. The minimum atomic E-state index is -0.339. The Morgan fingerprint density at radius 2 is 1.89 bits per heavy atom. The fraction of sp³-hybridized carbons (Fsp3) is 0.625. The van der Waals surface area contributed by atoms with Crippen molar-refractivity contribution in [2.24, 2.45) is 0 Å². The Morgan fingerprint density at radius 1 is 1.17 bits per heavy atom. The Morgan fingerprint density at radius 3 is 2.50 bits per heavy atom.